The van der Waals surface area contributed by atoms with Crippen molar-refractivity contribution in [2.45, 2.75) is 134 Å². The van der Waals surface area contributed by atoms with Crippen LogP contribution < -0.4 is 0 Å². The van der Waals surface area contributed by atoms with E-state index in [9.17, 15) is 8.42 Å². The van der Waals surface area contributed by atoms with Crippen LogP contribution in [0.4, 0.5) is 0 Å². The van der Waals surface area contributed by atoms with Gasteiger partial charge in [0.1, 0.15) is 0 Å². The van der Waals surface area contributed by atoms with Gasteiger partial charge in [-0.1, -0.05) is 135 Å². The molecule has 0 aliphatic rings. The Bertz CT molecular complexity index is 597. The van der Waals surface area contributed by atoms with Crippen LogP contribution in [0.5, 0.6) is 0 Å². The van der Waals surface area contributed by atoms with Crippen molar-refractivity contribution < 1.29 is 12.6 Å². The topological polar surface area (TPSA) is 43.4 Å². The first kappa shape index (κ1) is 32.6. The van der Waals surface area contributed by atoms with Gasteiger partial charge in [-0.15, -0.1) is 9.24 Å². The maximum absolute atomic E-state index is 11.9. The van der Waals surface area contributed by atoms with Crippen LogP contribution in [0, 0.1) is 0 Å². The van der Waals surface area contributed by atoms with Gasteiger partial charge in [-0.05, 0) is 31.1 Å². The van der Waals surface area contributed by atoms with Crippen LogP contribution in [0.25, 0.3) is 0 Å². The maximum atomic E-state index is 11.9. The van der Waals surface area contributed by atoms with E-state index in [1.165, 1.54) is 109 Å². The lowest BCUT2D eigenvalue weighted by Gasteiger charge is -2.05. The fourth-order valence-corrected chi connectivity index (χ4v) is 4.94. The summed E-state index contributed by atoms with van der Waals surface area (Å²) in [6, 6.07) is 8.33. The lowest BCUT2D eigenvalue weighted by atomic mass is 10.1. The molecule has 0 aliphatic carbocycles. The molecule has 0 saturated heterocycles. The lowest BCUT2D eigenvalue weighted by Crippen LogP contribution is -2.07. The first-order chi connectivity index (χ1) is 16.1. The Balaban J connectivity index is 0.000000785. The van der Waals surface area contributed by atoms with Gasteiger partial charge in [0.15, 0.2) is 0 Å². The zero-order valence-corrected chi connectivity index (χ0v) is 23.7. The Morgan fingerprint density at radius 1 is 0.606 bits per heavy atom. The molecule has 1 atom stereocenters. The smallest absolute Gasteiger partial charge is 0.266 e. The molecule has 0 spiro atoms. The molecule has 5 heteroatoms. The Kier molecular flexibility index (Phi) is 24.3. The number of hydrogen-bond donors (Lipinski definition) is 0. The van der Waals surface area contributed by atoms with E-state index in [0.717, 1.165) is 12.8 Å². The van der Waals surface area contributed by atoms with Gasteiger partial charge in [-0.3, -0.25) is 4.18 Å². The van der Waals surface area contributed by atoms with Crippen molar-refractivity contribution in [2.24, 2.45) is 0 Å². The third-order valence-electron chi connectivity index (χ3n) is 5.83. The van der Waals surface area contributed by atoms with Crippen molar-refractivity contribution in [1.29, 1.82) is 0 Å². The average molecular weight is 501 g/mol. The summed E-state index contributed by atoms with van der Waals surface area (Å²) >= 11 is 0. The molecule has 0 heterocycles. The van der Waals surface area contributed by atoms with E-state index >= 15 is 0 Å². The van der Waals surface area contributed by atoms with Gasteiger partial charge in [0, 0.05) is 0 Å². The van der Waals surface area contributed by atoms with Gasteiger partial charge in [0.05, 0.1) is 11.5 Å². The predicted octanol–water partition coefficient (Wildman–Crippen LogP) is 9.31. The van der Waals surface area contributed by atoms with E-state index in [1.807, 2.05) is 0 Å². The third kappa shape index (κ3) is 21.8. The molecule has 0 radical (unpaired) electrons. The molecule has 1 unspecified atom stereocenters. The van der Waals surface area contributed by atoms with Gasteiger partial charge in [-0.25, -0.2) is 0 Å². The molecule has 3 nitrogen and oxygen atoms in total. The highest BCUT2D eigenvalue weighted by atomic mass is 32.2. The van der Waals surface area contributed by atoms with Crippen LogP contribution in [0.1, 0.15) is 129 Å². The summed E-state index contributed by atoms with van der Waals surface area (Å²) in [7, 11) is -0.776. The predicted molar refractivity (Wildman–Crippen MR) is 149 cm³/mol. The normalized spacial score (nSPS) is 11.2. The molecule has 0 aromatic heterocycles. The SMILES string of the molecule is CCCCCCCCCCCCOS(=O)(=O)c1ccccc1.CCCCCCCCCCP. The third-order valence-corrected chi connectivity index (χ3v) is 7.56. The molecule has 0 N–H and O–H groups in total. The zero-order valence-electron chi connectivity index (χ0n) is 21.7. The van der Waals surface area contributed by atoms with E-state index in [-0.39, 0.29) is 11.5 Å². The van der Waals surface area contributed by atoms with Crippen LogP contribution in [-0.2, 0) is 14.3 Å². The highest BCUT2D eigenvalue weighted by molar-refractivity contribution is 7.86. The van der Waals surface area contributed by atoms with Crippen LogP contribution in [0.2, 0.25) is 0 Å². The van der Waals surface area contributed by atoms with Crippen molar-refractivity contribution in [3.05, 3.63) is 30.3 Å². The lowest BCUT2D eigenvalue weighted by molar-refractivity contribution is 0.306. The summed E-state index contributed by atoms with van der Waals surface area (Å²) in [6.45, 7) is 4.79. The molecule has 1 aromatic carbocycles. The summed E-state index contributed by atoms with van der Waals surface area (Å²) in [4.78, 5) is 0.238. The molecule has 0 fully saturated rings. The molecule has 1 aromatic rings. The van der Waals surface area contributed by atoms with Gasteiger partial charge in [-0.2, -0.15) is 8.42 Å². The summed E-state index contributed by atoms with van der Waals surface area (Å²) in [5.74, 6) is 0. The second-order valence-corrected chi connectivity index (χ2v) is 11.2. The number of hydrogen-bond acceptors (Lipinski definition) is 3. The number of unbranched alkanes of at least 4 members (excludes halogenated alkanes) is 16. The molecule has 0 saturated carbocycles. The van der Waals surface area contributed by atoms with Crippen molar-refractivity contribution in [1.82, 2.24) is 0 Å². The van der Waals surface area contributed by atoms with E-state index in [4.69, 9.17) is 4.18 Å². The molecule has 0 aliphatic heterocycles. The quantitative estimate of drug-likeness (QED) is 0.0959. The Labute approximate surface area is 209 Å². The van der Waals surface area contributed by atoms with E-state index in [2.05, 4.69) is 23.1 Å². The summed E-state index contributed by atoms with van der Waals surface area (Å²) in [5.41, 5.74) is 0. The molecule has 0 bridgehead atoms. The largest absolute Gasteiger partial charge is 0.296 e. The molecular formula is C28H53O3PS. The first-order valence-electron chi connectivity index (χ1n) is 13.7. The second-order valence-electron chi connectivity index (χ2n) is 9.03. The fourth-order valence-electron chi connectivity index (χ4n) is 3.69. The maximum Gasteiger partial charge on any atom is 0.296 e. The van der Waals surface area contributed by atoms with E-state index < -0.39 is 10.1 Å². The summed E-state index contributed by atoms with van der Waals surface area (Å²) in [6.07, 6.45) is 25.0. The molecular weight excluding hydrogens is 447 g/mol. The second kappa shape index (κ2) is 24.7. The molecule has 33 heavy (non-hydrogen) atoms. The van der Waals surface area contributed by atoms with Gasteiger partial charge >= 0.3 is 0 Å². The van der Waals surface area contributed by atoms with Crippen molar-refractivity contribution in [2.75, 3.05) is 12.8 Å². The van der Waals surface area contributed by atoms with E-state index in [1.54, 1.807) is 30.3 Å². The minimum atomic E-state index is -3.57. The Morgan fingerprint density at radius 3 is 1.42 bits per heavy atom. The van der Waals surface area contributed by atoms with Crippen LogP contribution >= 0.6 is 9.24 Å². The van der Waals surface area contributed by atoms with Crippen LogP contribution in [-0.4, -0.2) is 21.2 Å². The van der Waals surface area contributed by atoms with E-state index in [0.29, 0.717) is 0 Å². The average Bonchev–Trinajstić information content (AvgIpc) is 2.83. The standard InChI is InChI=1S/C18H30O3S.C10H23P/c1-2-3-4-5-6-7-8-9-10-14-17-21-22(19,20)18-15-12-11-13-16-18;1-2-3-4-5-6-7-8-9-10-11/h11-13,15-16H,2-10,14,17H2,1H3;2-11H2,1H3. The van der Waals surface area contributed by atoms with Crippen molar-refractivity contribution in [3.63, 3.8) is 0 Å². The minimum Gasteiger partial charge on any atom is -0.266 e. The number of benzene rings is 1. The fraction of sp³-hybridized carbons (Fsp3) is 0.786. The molecule has 194 valence electrons. The molecule has 1 rings (SSSR count). The highest BCUT2D eigenvalue weighted by Gasteiger charge is 2.13. The highest BCUT2D eigenvalue weighted by Crippen LogP contribution is 2.14. The van der Waals surface area contributed by atoms with Crippen LogP contribution in [0.3, 0.4) is 0 Å². The monoisotopic (exact) mass is 500 g/mol. The van der Waals surface area contributed by atoms with Gasteiger partial charge in [0.2, 0.25) is 0 Å². The summed E-state index contributed by atoms with van der Waals surface area (Å²) < 4.78 is 28.8. The minimum absolute atomic E-state index is 0.238. The van der Waals surface area contributed by atoms with Crippen molar-refractivity contribution >= 4 is 19.4 Å². The van der Waals surface area contributed by atoms with Gasteiger partial charge < -0.3 is 0 Å². The summed E-state index contributed by atoms with van der Waals surface area (Å²) in [5, 5.41) is 0. The number of rotatable bonds is 21. The van der Waals surface area contributed by atoms with Gasteiger partial charge in [0.25, 0.3) is 10.1 Å². The first-order valence-corrected chi connectivity index (χ1v) is 16.0. The molecule has 0 amide bonds. The van der Waals surface area contributed by atoms with Crippen molar-refractivity contribution in [3.8, 4) is 0 Å². The Morgan fingerprint density at radius 2 is 1.00 bits per heavy atom. The van der Waals surface area contributed by atoms with Crippen LogP contribution in [0.15, 0.2) is 35.2 Å². The Hall–Kier alpha value is -0.440. The zero-order chi connectivity index (χ0) is 24.5.